The molecule has 26 heavy (non-hydrogen) atoms. The van der Waals surface area contributed by atoms with E-state index in [0.29, 0.717) is 26.2 Å². The first-order valence-corrected chi connectivity index (χ1v) is 9.20. The molecular formula is C20H12Cl2O3S. The van der Waals surface area contributed by atoms with E-state index in [1.54, 1.807) is 54.6 Å². The fourth-order valence-electron chi connectivity index (χ4n) is 2.12. The number of halogens is 2. The van der Waals surface area contributed by atoms with E-state index in [1.807, 2.05) is 5.38 Å². The first kappa shape index (κ1) is 18.4. The highest BCUT2D eigenvalue weighted by Crippen LogP contribution is 2.23. The standard InChI is InChI=1S/C20H12Cl2O3S/c21-16-9-6-14(12-17(16)22)18(23)10-5-13-3-7-15(8-4-13)25-20(24)19-2-1-11-26-19/h1-12H/b10-5-. The van der Waals surface area contributed by atoms with Crippen molar-refractivity contribution in [2.75, 3.05) is 0 Å². The van der Waals surface area contributed by atoms with Crippen LogP contribution in [0.1, 0.15) is 25.6 Å². The van der Waals surface area contributed by atoms with Crippen LogP contribution >= 0.6 is 34.5 Å². The SMILES string of the molecule is O=C(/C=C\c1ccc(OC(=O)c2cccs2)cc1)c1ccc(Cl)c(Cl)c1. The Hall–Kier alpha value is -2.40. The number of hydrogen-bond donors (Lipinski definition) is 0. The summed E-state index contributed by atoms with van der Waals surface area (Å²) >= 11 is 13.1. The summed E-state index contributed by atoms with van der Waals surface area (Å²) in [4.78, 5) is 24.6. The Kier molecular flexibility index (Phi) is 5.89. The third kappa shape index (κ3) is 4.61. The minimum atomic E-state index is -0.391. The zero-order valence-corrected chi connectivity index (χ0v) is 15.6. The molecule has 0 atom stereocenters. The summed E-state index contributed by atoms with van der Waals surface area (Å²) in [6.45, 7) is 0. The zero-order chi connectivity index (χ0) is 18.5. The second-order valence-corrected chi connectivity index (χ2v) is 7.02. The molecular weight excluding hydrogens is 391 g/mol. The van der Waals surface area contributed by atoms with Gasteiger partial charge in [0.05, 0.1) is 10.0 Å². The number of carbonyl (C=O) groups excluding carboxylic acids is 2. The van der Waals surface area contributed by atoms with Gasteiger partial charge in [-0.15, -0.1) is 11.3 Å². The smallest absolute Gasteiger partial charge is 0.353 e. The fraction of sp³-hybridized carbons (Fsp3) is 0. The Bertz CT molecular complexity index is 961. The number of benzene rings is 2. The van der Waals surface area contributed by atoms with Gasteiger partial charge in [-0.2, -0.15) is 0 Å². The quantitative estimate of drug-likeness (QED) is 0.221. The number of ketones is 1. The van der Waals surface area contributed by atoms with Crippen molar-refractivity contribution in [1.82, 2.24) is 0 Å². The molecule has 1 aromatic heterocycles. The van der Waals surface area contributed by atoms with Crippen molar-refractivity contribution in [1.29, 1.82) is 0 Å². The van der Waals surface area contributed by atoms with E-state index in [9.17, 15) is 9.59 Å². The fourth-order valence-corrected chi connectivity index (χ4v) is 3.01. The molecule has 2 aromatic carbocycles. The maximum atomic E-state index is 12.2. The normalized spacial score (nSPS) is 10.8. The largest absolute Gasteiger partial charge is 0.422 e. The summed E-state index contributed by atoms with van der Waals surface area (Å²) in [5, 5.41) is 2.55. The molecule has 0 N–H and O–H groups in total. The number of esters is 1. The lowest BCUT2D eigenvalue weighted by atomic mass is 10.1. The zero-order valence-electron chi connectivity index (χ0n) is 13.3. The molecule has 3 nitrogen and oxygen atoms in total. The highest BCUT2D eigenvalue weighted by Gasteiger charge is 2.09. The maximum absolute atomic E-state index is 12.2. The van der Waals surface area contributed by atoms with Crippen LogP contribution in [0.15, 0.2) is 66.1 Å². The lowest BCUT2D eigenvalue weighted by Gasteiger charge is -2.03. The molecule has 0 saturated heterocycles. The van der Waals surface area contributed by atoms with E-state index in [4.69, 9.17) is 27.9 Å². The molecule has 0 aliphatic carbocycles. The van der Waals surface area contributed by atoms with Crippen LogP contribution < -0.4 is 4.74 Å². The summed E-state index contributed by atoms with van der Waals surface area (Å²) in [5.74, 6) is -0.133. The van der Waals surface area contributed by atoms with Gasteiger partial charge >= 0.3 is 5.97 Å². The van der Waals surface area contributed by atoms with Crippen molar-refractivity contribution >= 4 is 52.4 Å². The summed E-state index contributed by atoms with van der Waals surface area (Å²) in [7, 11) is 0. The first-order chi connectivity index (χ1) is 12.5. The molecule has 0 aliphatic rings. The first-order valence-electron chi connectivity index (χ1n) is 7.56. The second kappa shape index (κ2) is 8.32. The highest BCUT2D eigenvalue weighted by molar-refractivity contribution is 7.12. The van der Waals surface area contributed by atoms with Crippen LogP contribution in [-0.2, 0) is 0 Å². The van der Waals surface area contributed by atoms with Gasteiger partial charge in [0.25, 0.3) is 0 Å². The van der Waals surface area contributed by atoms with Crippen molar-refractivity contribution in [3.05, 3.63) is 92.1 Å². The molecule has 0 spiro atoms. The summed E-state index contributed by atoms with van der Waals surface area (Å²) < 4.78 is 5.29. The molecule has 0 radical (unpaired) electrons. The Morgan fingerprint density at radius 3 is 2.38 bits per heavy atom. The maximum Gasteiger partial charge on any atom is 0.353 e. The number of hydrogen-bond acceptors (Lipinski definition) is 4. The van der Waals surface area contributed by atoms with Gasteiger partial charge in [-0.3, -0.25) is 4.79 Å². The minimum absolute atomic E-state index is 0.184. The average molecular weight is 403 g/mol. The number of rotatable bonds is 5. The van der Waals surface area contributed by atoms with Crippen molar-refractivity contribution in [3.8, 4) is 5.75 Å². The van der Waals surface area contributed by atoms with E-state index >= 15 is 0 Å². The molecule has 6 heteroatoms. The van der Waals surface area contributed by atoms with Gasteiger partial charge in [-0.1, -0.05) is 47.5 Å². The lowest BCUT2D eigenvalue weighted by molar-refractivity contribution is 0.0739. The molecule has 3 aromatic rings. The minimum Gasteiger partial charge on any atom is -0.422 e. The van der Waals surface area contributed by atoms with Crippen LogP contribution in [0.2, 0.25) is 10.0 Å². The molecule has 0 fully saturated rings. The Morgan fingerprint density at radius 1 is 0.962 bits per heavy atom. The van der Waals surface area contributed by atoms with E-state index in [-0.39, 0.29) is 5.78 Å². The lowest BCUT2D eigenvalue weighted by Crippen LogP contribution is -2.05. The molecule has 130 valence electrons. The van der Waals surface area contributed by atoms with Crippen molar-refractivity contribution in [2.24, 2.45) is 0 Å². The van der Waals surface area contributed by atoms with Crippen molar-refractivity contribution in [3.63, 3.8) is 0 Å². The number of thiophene rings is 1. The molecule has 0 bridgehead atoms. The molecule has 0 aliphatic heterocycles. The molecule has 0 unspecified atom stereocenters. The van der Waals surface area contributed by atoms with Crippen molar-refractivity contribution in [2.45, 2.75) is 0 Å². The van der Waals surface area contributed by atoms with Crippen LogP contribution in [0.3, 0.4) is 0 Å². The van der Waals surface area contributed by atoms with Gasteiger partial charge in [0.1, 0.15) is 10.6 Å². The number of allylic oxidation sites excluding steroid dienone is 1. The predicted molar refractivity (Wildman–Crippen MR) is 106 cm³/mol. The van der Waals surface area contributed by atoms with E-state index in [1.165, 1.54) is 23.5 Å². The Balaban J connectivity index is 1.65. The highest BCUT2D eigenvalue weighted by atomic mass is 35.5. The average Bonchev–Trinajstić information content (AvgIpc) is 3.18. The Labute approximate surface area is 164 Å². The van der Waals surface area contributed by atoms with Crippen LogP contribution in [0.4, 0.5) is 0 Å². The summed E-state index contributed by atoms with van der Waals surface area (Å²) in [5.41, 5.74) is 1.26. The Morgan fingerprint density at radius 2 is 1.73 bits per heavy atom. The molecule has 3 rings (SSSR count). The third-order valence-corrected chi connectivity index (χ3v) is 5.03. The van der Waals surface area contributed by atoms with Gasteiger partial charge in [-0.25, -0.2) is 4.79 Å². The molecule has 0 saturated carbocycles. The molecule has 1 heterocycles. The number of ether oxygens (including phenoxy) is 1. The van der Waals surface area contributed by atoms with E-state index in [2.05, 4.69) is 0 Å². The van der Waals surface area contributed by atoms with Crippen LogP contribution in [0.5, 0.6) is 5.75 Å². The van der Waals surface area contributed by atoms with Crippen LogP contribution in [-0.4, -0.2) is 11.8 Å². The van der Waals surface area contributed by atoms with E-state index in [0.717, 1.165) is 5.56 Å². The monoisotopic (exact) mass is 402 g/mol. The van der Waals surface area contributed by atoms with Gasteiger partial charge < -0.3 is 4.74 Å². The summed E-state index contributed by atoms with van der Waals surface area (Å²) in [6.07, 6.45) is 3.13. The summed E-state index contributed by atoms with van der Waals surface area (Å²) in [6, 6.07) is 15.1. The van der Waals surface area contributed by atoms with Crippen molar-refractivity contribution < 1.29 is 14.3 Å². The van der Waals surface area contributed by atoms with Crippen LogP contribution in [0, 0.1) is 0 Å². The van der Waals surface area contributed by atoms with Gasteiger partial charge in [0, 0.05) is 5.56 Å². The predicted octanol–water partition coefficient (Wildman–Crippen LogP) is 6.17. The third-order valence-electron chi connectivity index (χ3n) is 3.44. The topological polar surface area (TPSA) is 43.4 Å². The van der Waals surface area contributed by atoms with Gasteiger partial charge in [0.15, 0.2) is 5.78 Å². The number of carbonyl (C=O) groups is 2. The van der Waals surface area contributed by atoms with E-state index < -0.39 is 5.97 Å². The molecule has 0 amide bonds. The van der Waals surface area contributed by atoms with Crippen LogP contribution in [0.25, 0.3) is 6.08 Å². The second-order valence-electron chi connectivity index (χ2n) is 5.26. The van der Waals surface area contributed by atoms with Gasteiger partial charge in [0.2, 0.25) is 0 Å². The van der Waals surface area contributed by atoms with Gasteiger partial charge in [-0.05, 0) is 53.4 Å².